The van der Waals surface area contributed by atoms with Crippen LogP contribution in [0.25, 0.3) is 0 Å². The zero-order chi connectivity index (χ0) is 18.1. The fourth-order valence-corrected chi connectivity index (χ4v) is 4.83. The maximum absolute atomic E-state index is 11.0. The number of likely N-dealkylation sites (tertiary alicyclic amines) is 1. The third kappa shape index (κ3) is 3.87. The molecule has 138 valence electrons. The molecule has 0 bridgehead atoms. The van der Waals surface area contributed by atoms with Crippen LogP contribution in [0.15, 0.2) is 48.5 Å². The van der Waals surface area contributed by atoms with Crippen LogP contribution in [0.5, 0.6) is 11.5 Å². The van der Waals surface area contributed by atoms with Gasteiger partial charge in [-0.2, -0.15) is 0 Å². The molecule has 1 heterocycles. The summed E-state index contributed by atoms with van der Waals surface area (Å²) in [5, 5.41) is 29.8. The van der Waals surface area contributed by atoms with Gasteiger partial charge in [0, 0.05) is 26.1 Å². The molecule has 1 saturated heterocycles. The Hall–Kier alpha value is -2.04. The molecule has 0 spiro atoms. The van der Waals surface area contributed by atoms with Gasteiger partial charge in [-0.05, 0) is 66.5 Å². The molecule has 0 amide bonds. The minimum absolute atomic E-state index is 0.272. The van der Waals surface area contributed by atoms with Crippen LogP contribution in [0, 0.1) is 11.8 Å². The Morgan fingerprint density at radius 3 is 1.85 bits per heavy atom. The molecule has 3 N–H and O–H groups in total. The highest BCUT2D eigenvalue weighted by Crippen LogP contribution is 2.45. The van der Waals surface area contributed by atoms with Crippen molar-refractivity contribution in [2.75, 3.05) is 19.6 Å². The van der Waals surface area contributed by atoms with Crippen molar-refractivity contribution in [3.05, 3.63) is 59.7 Å². The molecule has 2 fully saturated rings. The summed E-state index contributed by atoms with van der Waals surface area (Å²) >= 11 is 0. The van der Waals surface area contributed by atoms with Gasteiger partial charge in [0.25, 0.3) is 0 Å². The average molecular weight is 353 g/mol. The van der Waals surface area contributed by atoms with Gasteiger partial charge in [-0.3, -0.25) is 0 Å². The standard InChI is InChI=1S/C22H27NO3/c24-20-5-1-16(2-6-20)9-10-23-14-18-12-22(26,13-19(18)15-23)11-17-3-7-21(25)8-4-17/h1-8,18-19,24-26H,9-15H2. The van der Waals surface area contributed by atoms with Gasteiger partial charge in [0.2, 0.25) is 0 Å². The maximum atomic E-state index is 11.0. The van der Waals surface area contributed by atoms with E-state index in [2.05, 4.69) is 4.90 Å². The van der Waals surface area contributed by atoms with E-state index in [1.165, 1.54) is 5.56 Å². The molecular formula is C22H27NO3. The summed E-state index contributed by atoms with van der Waals surface area (Å²) in [6.07, 6.45) is 3.41. The Morgan fingerprint density at radius 1 is 0.808 bits per heavy atom. The van der Waals surface area contributed by atoms with Crippen molar-refractivity contribution in [3.8, 4) is 11.5 Å². The zero-order valence-corrected chi connectivity index (χ0v) is 15.0. The maximum Gasteiger partial charge on any atom is 0.115 e. The second-order valence-corrected chi connectivity index (χ2v) is 8.17. The van der Waals surface area contributed by atoms with Gasteiger partial charge in [0.05, 0.1) is 5.60 Å². The number of aliphatic hydroxyl groups is 1. The van der Waals surface area contributed by atoms with Gasteiger partial charge in [-0.1, -0.05) is 24.3 Å². The molecule has 2 atom stereocenters. The lowest BCUT2D eigenvalue weighted by atomic mass is 9.91. The lowest BCUT2D eigenvalue weighted by Gasteiger charge is -2.26. The lowest BCUT2D eigenvalue weighted by molar-refractivity contribution is 0.0355. The van der Waals surface area contributed by atoms with Crippen molar-refractivity contribution in [2.24, 2.45) is 11.8 Å². The summed E-state index contributed by atoms with van der Waals surface area (Å²) in [7, 11) is 0. The number of phenols is 2. The summed E-state index contributed by atoms with van der Waals surface area (Å²) in [4.78, 5) is 2.52. The van der Waals surface area contributed by atoms with Crippen LogP contribution in [0.4, 0.5) is 0 Å². The molecule has 0 aromatic heterocycles. The summed E-state index contributed by atoms with van der Waals surface area (Å²) in [6, 6.07) is 14.7. The van der Waals surface area contributed by atoms with Crippen molar-refractivity contribution in [3.63, 3.8) is 0 Å². The van der Waals surface area contributed by atoms with Crippen LogP contribution in [-0.2, 0) is 12.8 Å². The Bertz CT molecular complexity index is 727. The molecule has 4 heteroatoms. The van der Waals surface area contributed by atoms with E-state index in [1.54, 1.807) is 24.3 Å². The minimum Gasteiger partial charge on any atom is -0.508 e. The molecule has 4 rings (SSSR count). The number of benzene rings is 2. The average Bonchev–Trinajstić information content (AvgIpc) is 3.11. The first-order valence-corrected chi connectivity index (χ1v) is 9.50. The normalized spacial score (nSPS) is 28.3. The first-order chi connectivity index (χ1) is 12.5. The van der Waals surface area contributed by atoms with Gasteiger partial charge in [-0.15, -0.1) is 0 Å². The van der Waals surface area contributed by atoms with Crippen molar-refractivity contribution in [1.82, 2.24) is 4.90 Å². The molecular weight excluding hydrogens is 326 g/mol. The number of aromatic hydroxyl groups is 2. The summed E-state index contributed by atoms with van der Waals surface area (Å²) < 4.78 is 0. The van der Waals surface area contributed by atoms with Gasteiger partial charge in [0.15, 0.2) is 0 Å². The highest BCUT2D eigenvalue weighted by Gasteiger charge is 2.47. The molecule has 26 heavy (non-hydrogen) atoms. The van der Waals surface area contributed by atoms with Crippen LogP contribution in [-0.4, -0.2) is 45.5 Å². The minimum atomic E-state index is -0.602. The van der Waals surface area contributed by atoms with E-state index in [-0.39, 0.29) is 5.75 Å². The molecule has 1 aliphatic carbocycles. The molecule has 1 saturated carbocycles. The molecule has 2 unspecified atom stereocenters. The molecule has 2 aliphatic rings. The number of nitrogens with zero attached hydrogens (tertiary/aromatic N) is 1. The Morgan fingerprint density at radius 2 is 1.31 bits per heavy atom. The molecule has 2 aromatic carbocycles. The first-order valence-electron chi connectivity index (χ1n) is 9.50. The van der Waals surface area contributed by atoms with Crippen LogP contribution in [0.2, 0.25) is 0 Å². The van der Waals surface area contributed by atoms with Gasteiger partial charge in [-0.25, -0.2) is 0 Å². The first kappa shape index (κ1) is 17.4. The van der Waals surface area contributed by atoms with E-state index in [9.17, 15) is 15.3 Å². The summed E-state index contributed by atoms with van der Waals surface area (Å²) in [5.41, 5.74) is 1.74. The topological polar surface area (TPSA) is 63.9 Å². The van der Waals surface area contributed by atoms with Crippen LogP contribution in [0.1, 0.15) is 24.0 Å². The Kier molecular flexibility index (Phi) is 4.63. The van der Waals surface area contributed by atoms with Crippen LogP contribution >= 0.6 is 0 Å². The van der Waals surface area contributed by atoms with Gasteiger partial charge < -0.3 is 20.2 Å². The number of hydrogen-bond donors (Lipinski definition) is 3. The fraction of sp³-hybridized carbons (Fsp3) is 0.455. The van der Waals surface area contributed by atoms with Crippen molar-refractivity contribution < 1.29 is 15.3 Å². The van der Waals surface area contributed by atoms with Crippen molar-refractivity contribution >= 4 is 0 Å². The molecule has 4 nitrogen and oxygen atoms in total. The molecule has 1 aliphatic heterocycles. The quantitative estimate of drug-likeness (QED) is 0.773. The van der Waals surface area contributed by atoms with E-state index in [0.29, 0.717) is 24.0 Å². The van der Waals surface area contributed by atoms with E-state index >= 15 is 0 Å². The predicted molar refractivity (Wildman–Crippen MR) is 101 cm³/mol. The second-order valence-electron chi connectivity index (χ2n) is 8.17. The van der Waals surface area contributed by atoms with E-state index in [0.717, 1.165) is 44.5 Å². The summed E-state index contributed by atoms with van der Waals surface area (Å²) in [5.74, 6) is 1.75. The Balaban J connectivity index is 1.29. The monoisotopic (exact) mass is 353 g/mol. The van der Waals surface area contributed by atoms with Crippen LogP contribution in [0.3, 0.4) is 0 Å². The highest BCUT2D eigenvalue weighted by atomic mass is 16.3. The third-order valence-electron chi connectivity index (χ3n) is 6.06. The Labute approximate surface area is 154 Å². The van der Waals surface area contributed by atoms with Gasteiger partial charge in [0.1, 0.15) is 11.5 Å². The third-order valence-corrected chi connectivity index (χ3v) is 6.06. The van der Waals surface area contributed by atoms with Crippen molar-refractivity contribution in [1.29, 1.82) is 0 Å². The fourth-order valence-electron chi connectivity index (χ4n) is 4.83. The van der Waals surface area contributed by atoms with Crippen molar-refractivity contribution in [2.45, 2.75) is 31.3 Å². The summed E-state index contributed by atoms with van der Waals surface area (Å²) in [6.45, 7) is 3.18. The lowest BCUT2D eigenvalue weighted by Crippen LogP contribution is -2.32. The number of phenolic OH excluding ortho intramolecular Hbond substituents is 2. The number of fused-ring (bicyclic) bond motifs is 1. The molecule has 0 radical (unpaired) electrons. The van der Waals surface area contributed by atoms with E-state index < -0.39 is 5.60 Å². The largest absolute Gasteiger partial charge is 0.508 e. The number of rotatable bonds is 5. The zero-order valence-electron chi connectivity index (χ0n) is 15.0. The number of hydrogen-bond acceptors (Lipinski definition) is 4. The van der Waals surface area contributed by atoms with E-state index in [1.807, 2.05) is 24.3 Å². The SMILES string of the molecule is Oc1ccc(CCN2CC3CC(O)(Cc4ccc(O)cc4)CC3C2)cc1. The highest BCUT2D eigenvalue weighted by molar-refractivity contribution is 5.28. The predicted octanol–water partition coefficient (Wildman–Crippen LogP) is 2.96. The van der Waals surface area contributed by atoms with E-state index in [4.69, 9.17) is 0 Å². The smallest absolute Gasteiger partial charge is 0.115 e. The van der Waals surface area contributed by atoms with Crippen LogP contribution < -0.4 is 0 Å². The van der Waals surface area contributed by atoms with Gasteiger partial charge >= 0.3 is 0 Å². The molecule has 2 aromatic rings. The second kappa shape index (κ2) is 6.93.